The lowest BCUT2D eigenvalue weighted by atomic mass is 10.4. The van der Waals surface area contributed by atoms with E-state index < -0.39 is 50.5 Å². The first kappa shape index (κ1) is 25.5. The first-order chi connectivity index (χ1) is 11.2. The van der Waals surface area contributed by atoms with Gasteiger partial charge in [0.2, 0.25) is 0 Å². The van der Waals surface area contributed by atoms with Crippen molar-refractivity contribution in [2.75, 3.05) is 41.5 Å². The van der Waals surface area contributed by atoms with Crippen LogP contribution in [0.1, 0.15) is 6.42 Å². The third-order valence-electron chi connectivity index (χ3n) is 2.83. The predicted octanol–water partition coefficient (Wildman–Crippen LogP) is 0.968. The molecule has 0 aromatic rings. The van der Waals surface area contributed by atoms with E-state index >= 15 is 0 Å². The topological polar surface area (TPSA) is 193 Å². The molecule has 0 saturated heterocycles. The van der Waals surface area contributed by atoms with Crippen molar-refractivity contribution in [3.63, 3.8) is 0 Å². The van der Waals surface area contributed by atoms with E-state index in [4.69, 9.17) is 0 Å². The molecule has 0 heterocycles. The zero-order valence-corrected chi connectivity index (χ0v) is 17.4. The monoisotopic (exact) mass is 450 g/mol. The largest absolute Gasteiger partial charge is 0.414 e. The summed E-state index contributed by atoms with van der Waals surface area (Å²) in [6, 6.07) is 0. The third-order valence-corrected chi connectivity index (χ3v) is 10.6. The maximum atomic E-state index is 11.8. The molecule has 4 atom stereocenters. The molecule has 0 aromatic carbocycles. The summed E-state index contributed by atoms with van der Waals surface area (Å²) in [7, 11) is -15.6. The lowest BCUT2D eigenvalue weighted by Gasteiger charge is -2.30. The Hall–Kier alpha value is 0.520. The number of hydrogen-bond acceptors (Lipinski definition) is 8. The van der Waals surface area contributed by atoms with E-state index in [9.17, 15) is 37.8 Å². The van der Waals surface area contributed by atoms with Crippen LogP contribution in [-0.2, 0) is 36.4 Å². The molecule has 18 heteroatoms. The fourth-order valence-corrected chi connectivity index (χ4v) is 7.01. The summed E-state index contributed by atoms with van der Waals surface area (Å²) in [6.07, 6.45) is -0.413. The summed E-state index contributed by atoms with van der Waals surface area (Å²) in [6.45, 7) is -1.35. The minimum absolute atomic E-state index is 0.113. The van der Waals surface area contributed by atoms with Crippen LogP contribution in [0.25, 0.3) is 0 Å². The summed E-state index contributed by atoms with van der Waals surface area (Å²) < 4.78 is 64.7. The smallest absolute Gasteiger partial charge is 0.312 e. The molecule has 4 unspecified atom stereocenters. The summed E-state index contributed by atoms with van der Waals surface area (Å²) in [5, 5.41) is 0. The fraction of sp³-hybridized carbons (Fsp3) is 1.00. The van der Waals surface area contributed by atoms with Gasteiger partial charge in [0.25, 0.3) is 0 Å². The van der Waals surface area contributed by atoms with E-state index in [2.05, 4.69) is 18.1 Å². The van der Waals surface area contributed by atoms with Gasteiger partial charge in [0.15, 0.2) is 0 Å². The molecule has 152 valence electrons. The highest BCUT2D eigenvalue weighted by Crippen LogP contribution is 2.64. The van der Waals surface area contributed by atoms with Crippen LogP contribution in [-0.4, -0.2) is 70.0 Å². The molecule has 0 rings (SSSR count). The van der Waals surface area contributed by atoms with Gasteiger partial charge in [-0.1, -0.05) is 0 Å². The van der Waals surface area contributed by atoms with Crippen molar-refractivity contribution in [3.8, 4) is 0 Å². The second-order valence-corrected chi connectivity index (χ2v) is 12.2. The molecule has 0 aliphatic heterocycles. The van der Waals surface area contributed by atoms with Crippen molar-refractivity contribution in [1.82, 2.24) is 8.88 Å². The molecule has 0 saturated carbocycles. The first-order valence-corrected chi connectivity index (χ1v) is 12.4. The van der Waals surface area contributed by atoms with E-state index in [-0.39, 0.29) is 8.88 Å². The van der Waals surface area contributed by atoms with Crippen LogP contribution in [0.2, 0.25) is 0 Å². The maximum Gasteiger partial charge on any atom is 0.414 e. The summed E-state index contributed by atoms with van der Waals surface area (Å²) >= 11 is 0. The Balaban J connectivity index is 5.42. The van der Waals surface area contributed by atoms with Crippen molar-refractivity contribution in [2.45, 2.75) is 6.42 Å². The molecule has 0 aliphatic carbocycles. The van der Waals surface area contributed by atoms with E-state index in [1.54, 1.807) is 0 Å². The van der Waals surface area contributed by atoms with E-state index in [1.165, 1.54) is 0 Å². The van der Waals surface area contributed by atoms with E-state index in [1.807, 2.05) is 0 Å². The van der Waals surface area contributed by atoms with Crippen molar-refractivity contribution < 1.29 is 55.9 Å². The summed E-state index contributed by atoms with van der Waals surface area (Å²) in [5.41, 5.74) is 0. The van der Waals surface area contributed by atoms with Crippen LogP contribution < -0.4 is 0 Å². The van der Waals surface area contributed by atoms with Crippen LogP contribution in [0.5, 0.6) is 0 Å². The van der Waals surface area contributed by atoms with Crippen LogP contribution in [0.3, 0.4) is 0 Å². The Kier molecular flexibility index (Phi) is 9.84. The van der Waals surface area contributed by atoms with Gasteiger partial charge in [-0.25, -0.2) is 18.3 Å². The van der Waals surface area contributed by atoms with Gasteiger partial charge in [0.05, 0.1) is 0 Å². The molecule has 0 fully saturated rings. The Labute approximate surface area is 144 Å². The molecule has 0 radical (unpaired) electrons. The van der Waals surface area contributed by atoms with Gasteiger partial charge in [-0.05, 0) is 6.42 Å². The number of hydrogen-bond donors (Lipinski definition) is 4. The Bertz CT molecular complexity index is 527. The second kappa shape index (κ2) is 9.64. The summed E-state index contributed by atoms with van der Waals surface area (Å²) in [4.78, 5) is 38.4. The predicted molar refractivity (Wildman–Crippen MR) is 85.4 cm³/mol. The van der Waals surface area contributed by atoms with Crippen LogP contribution >= 0.6 is 31.0 Å². The van der Waals surface area contributed by atoms with E-state index in [0.29, 0.717) is 0 Å². The van der Waals surface area contributed by atoms with Crippen LogP contribution in [0, 0.1) is 0 Å². The van der Waals surface area contributed by atoms with Gasteiger partial charge in [-0.15, -0.1) is 8.88 Å². The number of nitrogens with zero attached hydrogens (tertiary/aromatic N) is 2. The van der Waals surface area contributed by atoms with E-state index in [0.717, 1.165) is 28.4 Å². The molecule has 14 nitrogen and oxygen atoms in total. The molecule has 0 amide bonds. The van der Waals surface area contributed by atoms with Gasteiger partial charge in [-0.3, -0.25) is 18.1 Å². The van der Waals surface area contributed by atoms with Gasteiger partial charge in [-0.2, -0.15) is 0 Å². The molecule has 0 bridgehead atoms. The Morgan fingerprint density at radius 2 is 0.800 bits per heavy atom. The molecule has 0 spiro atoms. The van der Waals surface area contributed by atoms with Gasteiger partial charge < -0.3 is 19.6 Å². The van der Waals surface area contributed by atoms with Crippen molar-refractivity contribution >= 4 is 31.0 Å². The molecule has 25 heavy (non-hydrogen) atoms. The Morgan fingerprint density at radius 1 is 0.600 bits per heavy atom. The highest BCUT2D eigenvalue weighted by atomic mass is 31.3. The quantitative estimate of drug-likeness (QED) is 0.307. The second-order valence-electron chi connectivity index (χ2n) is 4.24. The van der Waals surface area contributed by atoms with Gasteiger partial charge >= 0.3 is 31.0 Å². The maximum absolute atomic E-state index is 11.8. The standard InChI is InChI=1S/C7H22N2O12P4/c1-18-22(10,11)8(23(12,13)19-2)6-5-7-9(24(14,15)20-3)25(16,17)21-4/h5-7H2,1-4H3,(H,10,11)(H,12,13)(H,14,15)(H,16,17). The highest BCUT2D eigenvalue weighted by molar-refractivity contribution is 7.66. The van der Waals surface area contributed by atoms with Crippen molar-refractivity contribution in [2.24, 2.45) is 0 Å². The average molecular weight is 450 g/mol. The molecule has 0 aromatic heterocycles. The van der Waals surface area contributed by atoms with Gasteiger partial charge in [0.1, 0.15) is 0 Å². The molecular weight excluding hydrogens is 428 g/mol. The molecule has 4 N–H and O–H groups in total. The SMILES string of the molecule is COP(=O)(O)N(CCCN(P(=O)(O)OC)P(=O)(O)OC)P(=O)(O)OC. The first-order valence-electron chi connectivity index (χ1n) is 6.33. The minimum atomic E-state index is -4.73. The normalized spacial score (nSPS) is 22.2. The fourth-order valence-electron chi connectivity index (χ4n) is 1.52. The zero-order valence-electron chi connectivity index (χ0n) is 13.9. The third kappa shape index (κ3) is 6.88. The zero-order chi connectivity index (χ0) is 20.1. The summed E-state index contributed by atoms with van der Waals surface area (Å²) in [5.74, 6) is 0. The van der Waals surface area contributed by atoms with Crippen molar-refractivity contribution in [1.29, 1.82) is 0 Å². The van der Waals surface area contributed by atoms with Crippen LogP contribution in [0.15, 0.2) is 0 Å². The van der Waals surface area contributed by atoms with Gasteiger partial charge in [0, 0.05) is 41.5 Å². The lowest BCUT2D eigenvalue weighted by molar-refractivity contribution is 0.216. The number of rotatable bonds is 12. The molecular formula is C7H22N2O12P4. The lowest BCUT2D eigenvalue weighted by Crippen LogP contribution is -2.26. The highest BCUT2D eigenvalue weighted by Gasteiger charge is 2.45. The molecule has 0 aliphatic rings. The van der Waals surface area contributed by atoms with Crippen molar-refractivity contribution in [3.05, 3.63) is 0 Å². The van der Waals surface area contributed by atoms with Crippen LogP contribution in [0.4, 0.5) is 0 Å². The minimum Gasteiger partial charge on any atom is -0.312 e. The Morgan fingerprint density at radius 3 is 0.960 bits per heavy atom. The average Bonchev–Trinajstić information content (AvgIpc) is 2.53.